The van der Waals surface area contributed by atoms with Crippen LogP contribution in [-0.4, -0.2) is 74.1 Å². The summed E-state index contributed by atoms with van der Waals surface area (Å²) in [4.78, 5) is 20.7. The molecule has 0 saturated heterocycles. The van der Waals surface area contributed by atoms with Gasteiger partial charge >= 0.3 is 12.2 Å². The number of aryl methyl sites for hydroxylation is 1. The van der Waals surface area contributed by atoms with E-state index in [2.05, 4.69) is 21.1 Å². The number of ether oxygens (including phenoxy) is 2. The van der Waals surface area contributed by atoms with Gasteiger partial charge in [0.2, 0.25) is 0 Å². The number of primary amides is 1. The van der Waals surface area contributed by atoms with Gasteiger partial charge < -0.3 is 29.6 Å². The largest absolute Gasteiger partial charge is 0.542 e. The van der Waals surface area contributed by atoms with E-state index >= 15 is 0 Å². The summed E-state index contributed by atoms with van der Waals surface area (Å²) >= 11 is 7.33. The number of alkyl halides is 3. The number of urea groups is 1. The van der Waals surface area contributed by atoms with Crippen LogP contribution < -0.4 is 20.3 Å². The minimum atomic E-state index is -5.19. The summed E-state index contributed by atoms with van der Waals surface area (Å²) in [5.41, 5.74) is 7.66. The highest BCUT2D eigenvalue weighted by Gasteiger charge is 2.28. The number of carbonyl (C=O) groups is 2. The van der Waals surface area contributed by atoms with Crippen molar-refractivity contribution >= 4 is 35.5 Å². The Labute approximate surface area is 223 Å². The summed E-state index contributed by atoms with van der Waals surface area (Å²) in [6, 6.07) is 12.9. The van der Waals surface area contributed by atoms with E-state index in [1.54, 1.807) is 11.4 Å². The third kappa shape index (κ3) is 13.3. The number of aliphatic carboxylic acids is 1. The van der Waals surface area contributed by atoms with Crippen molar-refractivity contribution in [3.8, 4) is 11.5 Å². The predicted octanol–water partition coefficient (Wildman–Crippen LogP) is 3.50. The Balaban J connectivity index is 0.000000856. The lowest BCUT2D eigenvalue weighted by Gasteiger charge is -2.24. The maximum atomic E-state index is 11.9. The Kier molecular flexibility index (Phi) is 12.9. The quantitative estimate of drug-likeness (QED) is 0.330. The number of likely N-dealkylation sites (N-methyl/N-ethyl adjacent to an activating group) is 1. The minimum absolute atomic E-state index is 0.385. The molecular formula is C24H31ClF3N3O5S. The summed E-state index contributed by atoms with van der Waals surface area (Å²) in [6.45, 7) is 1.86. The van der Waals surface area contributed by atoms with Crippen LogP contribution in [0.25, 0.3) is 0 Å². The molecule has 0 aliphatic heterocycles. The van der Waals surface area contributed by atoms with Gasteiger partial charge in [0.25, 0.3) is 0 Å². The lowest BCUT2D eigenvalue weighted by Crippen LogP contribution is -2.38. The molecule has 0 aliphatic carbocycles. The van der Waals surface area contributed by atoms with Crippen LogP contribution in [0.1, 0.15) is 11.1 Å². The second-order valence-electron chi connectivity index (χ2n) is 8.72. The monoisotopic (exact) mass is 565 g/mol. The number of carbonyl (C=O) groups excluding carboxylic acids is 2. The van der Waals surface area contributed by atoms with Crippen LogP contribution in [0.15, 0.2) is 42.5 Å². The van der Waals surface area contributed by atoms with Crippen molar-refractivity contribution in [3.05, 3.63) is 58.6 Å². The molecule has 2 aromatic carbocycles. The molecule has 0 heterocycles. The van der Waals surface area contributed by atoms with Gasteiger partial charge in [0, 0.05) is 10.8 Å². The van der Waals surface area contributed by atoms with Gasteiger partial charge in [0.05, 0.1) is 34.8 Å². The van der Waals surface area contributed by atoms with Gasteiger partial charge in [-0.15, -0.1) is 0 Å². The molecule has 2 rings (SSSR count). The van der Waals surface area contributed by atoms with E-state index < -0.39 is 18.2 Å². The maximum absolute atomic E-state index is 11.9. The van der Waals surface area contributed by atoms with Gasteiger partial charge in [-0.1, -0.05) is 29.8 Å². The molecular weight excluding hydrogens is 535 g/mol. The fourth-order valence-electron chi connectivity index (χ4n) is 2.64. The van der Waals surface area contributed by atoms with Gasteiger partial charge in [0.15, 0.2) is 11.5 Å². The summed E-state index contributed by atoms with van der Waals surface area (Å²) in [5, 5.41) is 9.50. The molecule has 0 spiro atoms. The van der Waals surface area contributed by atoms with Crippen LogP contribution in [0, 0.1) is 0 Å². The summed E-state index contributed by atoms with van der Waals surface area (Å²) in [6.07, 6.45) is -4.38. The maximum Gasteiger partial charge on any atom is 0.430 e. The van der Waals surface area contributed by atoms with Gasteiger partial charge in [-0.2, -0.15) is 13.2 Å². The Morgan fingerprint density at radius 2 is 1.65 bits per heavy atom. The summed E-state index contributed by atoms with van der Waals surface area (Å²) in [7, 11) is 7.96. The normalized spacial score (nSPS) is 11.2. The van der Waals surface area contributed by atoms with Crippen molar-refractivity contribution < 1.29 is 41.8 Å². The third-order valence-electron chi connectivity index (χ3n) is 4.60. The number of benzene rings is 2. The van der Waals surface area contributed by atoms with Crippen molar-refractivity contribution in [3.63, 3.8) is 0 Å². The first-order valence-electron chi connectivity index (χ1n) is 10.9. The van der Waals surface area contributed by atoms with Crippen LogP contribution in [0.5, 0.6) is 11.5 Å². The second-order valence-corrected chi connectivity index (χ2v) is 10.3. The Morgan fingerprint density at radius 1 is 1.08 bits per heavy atom. The highest BCUT2D eigenvalue weighted by atomic mass is 35.5. The zero-order chi connectivity index (χ0) is 28.2. The SMILES string of the molecule is COc1cc(CN(SCCc2ccc(Cl)cc2)C(N)=O)ccc1OCC[N+](C)(C)C.O=C([O-])C(F)(F)F. The molecule has 0 aromatic heterocycles. The average molecular weight is 566 g/mol. The van der Waals surface area contributed by atoms with E-state index in [4.69, 9.17) is 36.7 Å². The number of amides is 2. The summed E-state index contributed by atoms with van der Waals surface area (Å²) in [5.74, 6) is -0.943. The molecule has 0 aliphatic rings. The van der Waals surface area contributed by atoms with Crippen molar-refractivity contribution in [2.75, 3.05) is 47.2 Å². The van der Waals surface area contributed by atoms with Crippen LogP contribution in [0.4, 0.5) is 18.0 Å². The average Bonchev–Trinajstić information content (AvgIpc) is 2.79. The zero-order valence-corrected chi connectivity index (χ0v) is 22.6. The number of quaternary nitrogens is 1. The molecule has 0 bridgehead atoms. The van der Waals surface area contributed by atoms with Crippen molar-refractivity contribution in [1.29, 1.82) is 0 Å². The topological polar surface area (TPSA) is 105 Å². The molecule has 2 aromatic rings. The highest BCUT2D eigenvalue weighted by Crippen LogP contribution is 2.29. The van der Waals surface area contributed by atoms with Crippen molar-refractivity contribution in [1.82, 2.24) is 4.31 Å². The van der Waals surface area contributed by atoms with E-state index in [9.17, 15) is 18.0 Å². The van der Waals surface area contributed by atoms with E-state index in [0.29, 0.717) is 29.7 Å². The second kappa shape index (κ2) is 14.8. The number of halogens is 4. The van der Waals surface area contributed by atoms with Gasteiger partial charge in [-0.25, -0.2) is 4.79 Å². The smallest absolute Gasteiger partial charge is 0.430 e. The highest BCUT2D eigenvalue weighted by molar-refractivity contribution is 7.97. The third-order valence-corrected chi connectivity index (χ3v) is 5.86. The lowest BCUT2D eigenvalue weighted by molar-refractivity contribution is -0.870. The van der Waals surface area contributed by atoms with Crippen LogP contribution in [0.3, 0.4) is 0 Å². The predicted molar refractivity (Wildman–Crippen MR) is 135 cm³/mol. The van der Waals surface area contributed by atoms with Gasteiger partial charge in [0.1, 0.15) is 19.1 Å². The molecule has 13 heteroatoms. The first-order chi connectivity index (χ1) is 17.1. The fourth-order valence-corrected chi connectivity index (χ4v) is 3.68. The van der Waals surface area contributed by atoms with E-state index in [0.717, 1.165) is 34.3 Å². The van der Waals surface area contributed by atoms with E-state index in [-0.39, 0.29) is 0 Å². The van der Waals surface area contributed by atoms with Crippen LogP contribution in [0.2, 0.25) is 5.02 Å². The molecule has 0 unspecified atom stereocenters. The number of hydrogen-bond acceptors (Lipinski definition) is 6. The van der Waals surface area contributed by atoms with Crippen molar-refractivity contribution in [2.24, 2.45) is 5.73 Å². The van der Waals surface area contributed by atoms with Crippen LogP contribution >= 0.6 is 23.5 Å². The number of hydrogen-bond donors (Lipinski definition) is 1. The lowest BCUT2D eigenvalue weighted by atomic mass is 10.2. The standard InChI is InChI=1S/C22H30ClN3O3S.C2HF3O2/c1-26(2,3)12-13-29-20-10-7-18(15-21(20)28-4)16-25(22(24)27)30-14-11-17-5-8-19(23)9-6-17;3-2(4,5)1(6)7/h5-10,15H,11-14,16H2,1-4H3,(H-,24,27);(H,6,7). The minimum Gasteiger partial charge on any atom is -0.542 e. The van der Waals surface area contributed by atoms with E-state index in [1.165, 1.54) is 11.9 Å². The Hall–Kier alpha value is -2.83. The zero-order valence-electron chi connectivity index (χ0n) is 21.0. The number of nitrogens with two attached hydrogens (primary N) is 1. The molecule has 0 radical (unpaired) electrons. The number of rotatable bonds is 11. The molecule has 2 N–H and O–H groups in total. The van der Waals surface area contributed by atoms with Crippen LogP contribution in [-0.2, 0) is 17.8 Å². The molecule has 37 heavy (non-hydrogen) atoms. The molecule has 0 saturated carbocycles. The Bertz CT molecular complexity index is 1020. The van der Waals surface area contributed by atoms with Gasteiger partial charge in [-0.05, 0) is 53.8 Å². The molecule has 8 nitrogen and oxygen atoms in total. The number of nitrogens with zero attached hydrogens (tertiary/aromatic N) is 2. The molecule has 0 atom stereocenters. The number of carboxylic acids is 1. The number of methoxy groups -OCH3 is 1. The summed E-state index contributed by atoms with van der Waals surface area (Å²) < 4.78 is 45.3. The molecule has 0 fully saturated rings. The van der Waals surface area contributed by atoms with E-state index in [1.807, 2.05) is 42.5 Å². The number of carboxylic acid groups (broad SMARTS) is 1. The molecule has 2 amide bonds. The Morgan fingerprint density at radius 3 is 2.14 bits per heavy atom. The first kappa shape index (κ1) is 32.2. The fraction of sp³-hybridized carbons (Fsp3) is 0.417. The van der Waals surface area contributed by atoms with Gasteiger partial charge in [-0.3, -0.25) is 4.31 Å². The molecule has 206 valence electrons. The van der Waals surface area contributed by atoms with Crippen molar-refractivity contribution in [2.45, 2.75) is 19.1 Å². The first-order valence-corrected chi connectivity index (χ1v) is 12.3.